The van der Waals surface area contributed by atoms with Crippen molar-refractivity contribution in [2.75, 3.05) is 6.54 Å². The number of carbonyl (C=O) groups is 2. The van der Waals surface area contributed by atoms with Crippen molar-refractivity contribution in [1.29, 1.82) is 0 Å². The number of hydrogen-bond acceptors (Lipinski definition) is 2. The van der Waals surface area contributed by atoms with Crippen LogP contribution in [0.4, 0.5) is 0 Å². The van der Waals surface area contributed by atoms with E-state index < -0.39 is 5.97 Å². The fraction of sp³-hybridized carbons (Fsp3) is 0.846. The van der Waals surface area contributed by atoms with Crippen molar-refractivity contribution in [3.8, 4) is 0 Å². The number of likely N-dealkylation sites (tertiary alicyclic amines) is 1. The highest BCUT2D eigenvalue weighted by atomic mass is 16.4. The van der Waals surface area contributed by atoms with Gasteiger partial charge in [-0.2, -0.15) is 0 Å². The first-order valence-corrected chi connectivity index (χ1v) is 6.44. The van der Waals surface area contributed by atoms with E-state index in [0.29, 0.717) is 31.7 Å². The van der Waals surface area contributed by atoms with Crippen molar-refractivity contribution in [2.24, 2.45) is 11.8 Å². The highest BCUT2D eigenvalue weighted by Gasteiger charge is 2.31. The third-order valence-corrected chi connectivity index (χ3v) is 3.48. The van der Waals surface area contributed by atoms with Crippen LogP contribution in [-0.2, 0) is 9.59 Å². The van der Waals surface area contributed by atoms with E-state index in [-0.39, 0.29) is 17.9 Å². The van der Waals surface area contributed by atoms with Gasteiger partial charge in [-0.25, -0.2) is 0 Å². The predicted octanol–water partition coefficient (Wildman–Crippen LogP) is 2.13. The molecule has 1 heterocycles. The standard InChI is InChI=1S/C13H23NO3/c1-9(2)4-5-12(15)14-7-6-11(13(16)17)8-10(14)3/h9-11H,4-8H2,1-3H3,(H,16,17). The molecular formula is C13H23NO3. The summed E-state index contributed by atoms with van der Waals surface area (Å²) in [4.78, 5) is 24.7. The zero-order chi connectivity index (χ0) is 13.0. The molecule has 2 atom stereocenters. The number of carboxylic acid groups (broad SMARTS) is 1. The molecule has 0 radical (unpaired) electrons. The van der Waals surface area contributed by atoms with Gasteiger partial charge in [0, 0.05) is 19.0 Å². The molecule has 0 saturated carbocycles. The second-order valence-electron chi connectivity index (χ2n) is 5.43. The minimum atomic E-state index is -0.730. The van der Waals surface area contributed by atoms with Crippen LogP contribution in [0.2, 0.25) is 0 Å². The summed E-state index contributed by atoms with van der Waals surface area (Å²) in [5.41, 5.74) is 0. The normalized spacial score (nSPS) is 25.1. The van der Waals surface area contributed by atoms with E-state index in [0.717, 1.165) is 6.42 Å². The lowest BCUT2D eigenvalue weighted by Crippen LogP contribution is -2.46. The summed E-state index contributed by atoms with van der Waals surface area (Å²) in [7, 11) is 0. The zero-order valence-corrected chi connectivity index (χ0v) is 11.0. The molecule has 4 heteroatoms. The zero-order valence-electron chi connectivity index (χ0n) is 11.0. The number of amides is 1. The Morgan fingerprint density at radius 3 is 2.53 bits per heavy atom. The largest absolute Gasteiger partial charge is 0.481 e. The Morgan fingerprint density at radius 2 is 2.06 bits per heavy atom. The molecule has 0 aromatic heterocycles. The molecule has 1 aliphatic heterocycles. The fourth-order valence-corrected chi connectivity index (χ4v) is 2.32. The smallest absolute Gasteiger partial charge is 0.306 e. The van der Waals surface area contributed by atoms with Gasteiger partial charge in [-0.3, -0.25) is 9.59 Å². The van der Waals surface area contributed by atoms with E-state index in [2.05, 4.69) is 13.8 Å². The Labute approximate surface area is 103 Å². The molecule has 1 saturated heterocycles. The maximum atomic E-state index is 12.0. The molecule has 1 amide bonds. The lowest BCUT2D eigenvalue weighted by molar-refractivity contribution is -0.147. The molecule has 0 aliphatic carbocycles. The first kappa shape index (κ1) is 14.0. The third-order valence-electron chi connectivity index (χ3n) is 3.48. The Kier molecular flexibility index (Phi) is 4.97. The summed E-state index contributed by atoms with van der Waals surface area (Å²) in [6, 6.07) is 0.0597. The number of nitrogens with zero attached hydrogens (tertiary/aromatic N) is 1. The monoisotopic (exact) mass is 241 g/mol. The molecule has 98 valence electrons. The van der Waals surface area contributed by atoms with Crippen LogP contribution < -0.4 is 0 Å². The summed E-state index contributed by atoms with van der Waals surface area (Å²) >= 11 is 0. The number of carbonyl (C=O) groups excluding carboxylic acids is 1. The fourth-order valence-electron chi connectivity index (χ4n) is 2.32. The maximum Gasteiger partial charge on any atom is 0.306 e. The Bertz CT molecular complexity index is 288. The molecule has 1 rings (SSSR count). The molecule has 0 aromatic rings. The molecule has 0 spiro atoms. The second kappa shape index (κ2) is 6.03. The van der Waals surface area contributed by atoms with Crippen LogP contribution in [-0.4, -0.2) is 34.5 Å². The summed E-state index contributed by atoms with van der Waals surface area (Å²) in [5, 5.41) is 8.95. The van der Waals surface area contributed by atoms with Crippen LogP contribution in [0.5, 0.6) is 0 Å². The minimum absolute atomic E-state index is 0.0597. The average molecular weight is 241 g/mol. The van der Waals surface area contributed by atoms with Crippen molar-refractivity contribution in [1.82, 2.24) is 4.90 Å². The van der Waals surface area contributed by atoms with E-state index >= 15 is 0 Å². The predicted molar refractivity (Wildman–Crippen MR) is 65.6 cm³/mol. The molecule has 2 unspecified atom stereocenters. The Balaban J connectivity index is 2.46. The van der Waals surface area contributed by atoms with E-state index in [1.165, 1.54) is 0 Å². The molecule has 0 bridgehead atoms. The second-order valence-corrected chi connectivity index (χ2v) is 5.43. The summed E-state index contributed by atoms with van der Waals surface area (Å²) < 4.78 is 0. The summed E-state index contributed by atoms with van der Waals surface area (Å²) in [6.45, 7) is 6.75. The molecular weight excluding hydrogens is 218 g/mol. The first-order valence-electron chi connectivity index (χ1n) is 6.44. The van der Waals surface area contributed by atoms with Gasteiger partial charge < -0.3 is 10.0 Å². The van der Waals surface area contributed by atoms with Crippen molar-refractivity contribution >= 4 is 11.9 Å². The number of piperidine rings is 1. The van der Waals surface area contributed by atoms with Gasteiger partial charge in [-0.05, 0) is 32.1 Å². The molecule has 1 fully saturated rings. The van der Waals surface area contributed by atoms with E-state index in [9.17, 15) is 9.59 Å². The average Bonchev–Trinajstić information content (AvgIpc) is 2.25. The molecule has 4 nitrogen and oxygen atoms in total. The molecule has 17 heavy (non-hydrogen) atoms. The third kappa shape index (κ3) is 4.02. The van der Waals surface area contributed by atoms with Gasteiger partial charge >= 0.3 is 5.97 Å². The van der Waals surface area contributed by atoms with E-state index in [1.54, 1.807) is 0 Å². The number of aliphatic carboxylic acids is 1. The number of carboxylic acids is 1. The van der Waals surface area contributed by atoms with Crippen LogP contribution >= 0.6 is 0 Å². The highest BCUT2D eigenvalue weighted by molar-refractivity contribution is 5.77. The minimum Gasteiger partial charge on any atom is -0.481 e. The van der Waals surface area contributed by atoms with Crippen molar-refractivity contribution in [3.05, 3.63) is 0 Å². The van der Waals surface area contributed by atoms with Crippen LogP contribution in [0.15, 0.2) is 0 Å². The number of hydrogen-bond donors (Lipinski definition) is 1. The summed E-state index contributed by atoms with van der Waals surface area (Å²) in [5.74, 6) is -0.300. The van der Waals surface area contributed by atoms with E-state index in [1.807, 2.05) is 11.8 Å². The summed E-state index contributed by atoms with van der Waals surface area (Å²) in [6.07, 6.45) is 2.67. The van der Waals surface area contributed by atoms with E-state index in [4.69, 9.17) is 5.11 Å². The van der Waals surface area contributed by atoms with Gasteiger partial charge in [0.15, 0.2) is 0 Å². The van der Waals surface area contributed by atoms with Crippen LogP contribution in [0, 0.1) is 11.8 Å². The van der Waals surface area contributed by atoms with Gasteiger partial charge in [0.05, 0.1) is 5.92 Å². The Hall–Kier alpha value is -1.06. The van der Waals surface area contributed by atoms with Crippen LogP contribution in [0.25, 0.3) is 0 Å². The van der Waals surface area contributed by atoms with Crippen LogP contribution in [0.1, 0.15) is 46.5 Å². The van der Waals surface area contributed by atoms with Gasteiger partial charge in [0.2, 0.25) is 5.91 Å². The van der Waals surface area contributed by atoms with Gasteiger partial charge in [0.25, 0.3) is 0 Å². The molecule has 1 N–H and O–H groups in total. The molecule has 1 aliphatic rings. The topological polar surface area (TPSA) is 57.6 Å². The quantitative estimate of drug-likeness (QED) is 0.820. The van der Waals surface area contributed by atoms with Gasteiger partial charge in [-0.15, -0.1) is 0 Å². The number of rotatable bonds is 4. The van der Waals surface area contributed by atoms with Crippen LogP contribution in [0.3, 0.4) is 0 Å². The Morgan fingerprint density at radius 1 is 1.41 bits per heavy atom. The maximum absolute atomic E-state index is 12.0. The highest BCUT2D eigenvalue weighted by Crippen LogP contribution is 2.24. The van der Waals surface area contributed by atoms with Gasteiger partial charge in [0.1, 0.15) is 0 Å². The van der Waals surface area contributed by atoms with Crippen molar-refractivity contribution in [3.63, 3.8) is 0 Å². The SMILES string of the molecule is CC(C)CCC(=O)N1CCC(C(=O)O)CC1C. The lowest BCUT2D eigenvalue weighted by Gasteiger charge is -2.36. The first-order chi connectivity index (χ1) is 7.91. The van der Waals surface area contributed by atoms with Gasteiger partial charge in [-0.1, -0.05) is 13.8 Å². The lowest BCUT2D eigenvalue weighted by atomic mass is 9.91. The van der Waals surface area contributed by atoms with Crippen molar-refractivity contribution in [2.45, 2.75) is 52.5 Å². The molecule has 0 aromatic carbocycles. The van der Waals surface area contributed by atoms with Crippen molar-refractivity contribution < 1.29 is 14.7 Å².